The second-order valence-corrected chi connectivity index (χ2v) is 4.02. The summed E-state index contributed by atoms with van der Waals surface area (Å²) in [5, 5.41) is 8.74. The van der Waals surface area contributed by atoms with Crippen LogP contribution in [0.2, 0.25) is 0 Å². The van der Waals surface area contributed by atoms with Crippen molar-refractivity contribution in [2.45, 2.75) is 12.8 Å². The van der Waals surface area contributed by atoms with E-state index in [0.717, 1.165) is 12.1 Å². The molecular weight excluding hydrogens is 230 g/mol. The van der Waals surface area contributed by atoms with Crippen molar-refractivity contribution in [3.8, 4) is 0 Å². The normalized spacial score (nSPS) is 10.2. The SMILES string of the molecule is O=C(O)c1ccc(CCc2ccccc2)[nH]c1=O. The molecule has 0 saturated carbocycles. The molecule has 0 fully saturated rings. The molecule has 2 aromatic rings. The average Bonchev–Trinajstić information content (AvgIpc) is 2.37. The largest absolute Gasteiger partial charge is 0.477 e. The van der Waals surface area contributed by atoms with E-state index in [1.54, 1.807) is 6.07 Å². The summed E-state index contributed by atoms with van der Waals surface area (Å²) >= 11 is 0. The predicted octanol–water partition coefficient (Wildman–Crippen LogP) is 1.86. The van der Waals surface area contributed by atoms with Crippen molar-refractivity contribution < 1.29 is 9.90 Å². The number of pyridine rings is 1. The van der Waals surface area contributed by atoms with Gasteiger partial charge in [-0.2, -0.15) is 0 Å². The Labute approximate surface area is 104 Å². The third-order valence-corrected chi connectivity index (χ3v) is 2.73. The number of carboxylic acids is 1. The molecule has 2 rings (SSSR count). The van der Waals surface area contributed by atoms with Crippen molar-refractivity contribution in [2.24, 2.45) is 0 Å². The molecule has 1 aromatic carbocycles. The van der Waals surface area contributed by atoms with Crippen LogP contribution in [0.4, 0.5) is 0 Å². The van der Waals surface area contributed by atoms with Crippen LogP contribution in [0.3, 0.4) is 0 Å². The Kier molecular flexibility index (Phi) is 3.57. The van der Waals surface area contributed by atoms with Crippen molar-refractivity contribution in [3.05, 3.63) is 69.6 Å². The summed E-state index contributed by atoms with van der Waals surface area (Å²) in [6.07, 6.45) is 1.49. The van der Waals surface area contributed by atoms with E-state index in [1.165, 1.54) is 11.6 Å². The van der Waals surface area contributed by atoms with Gasteiger partial charge in [-0.05, 0) is 30.5 Å². The Morgan fingerprint density at radius 3 is 2.39 bits per heavy atom. The van der Waals surface area contributed by atoms with Gasteiger partial charge in [0.05, 0.1) is 0 Å². The minimum atomic E-state index is -1.20. The lowest BCUT2D eigenvalue weighted by atomic mass is 10.1. The Bertz CT molecular complexity index is 602. The molecule has 0 amide bonds. The van der Waals surface area contributed by atoms with Crippen molar-refractivity contribution in [1.82, 2.24) is 4.98 Å². The summed E-state index contributed by atoms with van der Waals surface area (Å²) in [6, 6.07) is 12.9. The van der Waals surface area contributed by atoms with Crippen LogP contribution in [-0.4, -0.2) is 16.1 Å². The summed E-state index contributed by atoms with van der Waals surface area (Å²) in [6.45, 7) is 0. The molecule has 0 aliphatic rings. The van der Waals surface area contributed by atoms with Gasteiger partial charge in [-0.3, -0.25) is 4.79 Å². The third kappa shape index (κ3) is 2.85. The first-order valence-corrected chi connectivity index (χ1v) is 5.66. The zero-order chi connectivity index (χ0) is 13.0. The lowest BCUT2D eigenvalue weighted by Crippen LogP contribution is -2.18. The standard InChI is InChI=1S/C14H13NO3/c16-13-12(14(17)18)9-8-11(15-13)7-6-10-4-2-1-3-5-10/h1-5,8-9H,6-7H2,(H,15,16)(H,17,18). The van der Waals surface area contributed by atoms with Gasteiger partial charge in [0.15, 0.2) is 0 Å². The average molecular weight is 243 g/mol. The van der Waals surface area contributed by atoms with Crippen LogP contribution in [-0.2, 0) is 12.8 Å². The highest BCUT2D eigenvalue weighted by atomic mass is 16.4. The maximum atomic E-state index is 11.5. The molecule has 0 radical (unpaired) electrons. The fourth-order valence-electron chi connectivity index (χ4n) is 1.75. The molecule has 0 spiro atoms. The van der Waals surface area contributed by atoms with Crippen molar-refractivity contribution >= 4 is 5.97 Å². The maximum Gasteiger partial charge on any atom is 0.341 e. The number of aromatic nitrogens is 1. The number of rotatable bonds is 4. The smallest absolute Gasteiger partial charge is 0.341 e. The van der Waals surface area contributed by atoms with E-state index in [4.69, 9.17) is 5.11 Å². The van der Waals surface area contributed by atoms with Gasteiger partial charge < -0.3 is 10.1 Å². The number of benzene rings is 1. The Hall–Kier alpha value is -2.36. The molecule has 18 heavy (non-hydrogen) atoms. The minimum Gasteiger partial charge on any atom is -0.477 e. The first-order valence-electron chi connectivity index (χ1n) is 5.66. The highest BCUT2D eigenvalue weighted by molar-refractivity contribution is 5.86. The summed E-state index contributed by atoms with van der Waals surface area (Å²) < 4.78 is 0. The Morgan fingerprint density at radius 2 is 1.78 bits per heavy atom. The van der Waals surface area contributed by atoms with Crippen molar-refractivity contribution in [1.29, 1.82) is 0 Å². The molecule has 1 aromatic heterocycles. The van der Waals surface area contributed by atoms with E-state index in [0.29, 0.717) is 6.42 Å². The van der Waals surface area contributed by atoms with E-state index in [9.17, 15) is 9.59 Å². The number of hydrogen-bond acceptors (Lipinski definition) is 2. The second-order valence-electron chi connectivity index (χ2n) is 4.02. The molecular formula is C14H13NO3. The number of carboxylic acid groups (broad SMARTS) is 1. The van der Waals surface area contributed by atoms with E-state index in [-0.39, 0.29) is 5.56 Å². The fourth-order valence-corrected chi connectivity index (χ4v) is 1.75. The molecule has 0 saturated heterocycles. The molecule has 4 nitrogen and oxygen atoms in total. The Balaban J connectivity index is 2.09. The minimum absolute atomic E-state index is 0.224. The molecule has 0 unspecified atom stereocenters. The van der Waals surface area contributed by atoms with E-state index in [1.807, 2.05) is 30.3 Å². The van der Waals surface area contributed by atoms with Gasteiger partial charge >= 0.3 is 5.97 Å². The lowest BCUT2D eigenvalue weighted by molar-refractivity contribution is 0.0695. The van der Waals surface area contributed by atoms with Crippen LogP contribution in [0, 0.1) is 0 Å². The summed E-state index contributed by atoms with van der Waals surface area (Å²) in [5.74, 6) is -1.20. The number of aryl methyl sites for hydroxylation is 2. The molecule has 92 valence electrons. The molecule has 4 heteroatoms. The number of hydrogen-bond donors (Lipinski definition) is 2. The predicted molar refractivity (Wildman–Crippen MR) is 67.9 cm³/mol. The number of aromatic carboxylic acids is 1. The first kappa shape index (κ1) is 12.1. The van der Waals surface area contributed by atoms with Crippen LogP contribution >= 0.6 is 0 Å². The third-order valence-electron chi connectivity index (χ3n) is 2.73. The van der Waals surface area contributed by atoms with Crippen molar-refractivity contribution in [3.63, 3.8) is 0 Å². The molecule has 2 N–H and O–H groups in total. The highest BCUT2D eigenvalue weighted by Gasteiger charge is 2.08. The number of aromatic amines is 1. The van der Waals surface area contributed by atoms with Crippen LogP contribution in [0.15, 0.2) is 47.3 Å². The van der Waals surface area contributed by atoms with Crippen LogP contribution in [0.25, 0.3) is 0 Å². The van der Waals surface area contributed by atoms with Crippen LogP contribution in [0.1, 0.15) is 21.6 Å². The van der Waals surface area contributed by atoms with Gasteiger partial charge in [0.2, 0.25) is 0 Å². The molecule has 0 atom stereocenters. The summed E-state index contributed by atoms with van der Waals surface area (Å²) in [5.41, 5.74) is 1.15. The molecule has 1 heterocycles. The zero-order valence-corrected chi connectivity index (χ0v) is 9.72. The molecule has 0 aliphatic carbocycles. The van der Waals surface area contributed by atoms with Gasteiger partial charge in [0.1, 0.15) is 5.56 Å². The topological polar surface area (TPSA) is 70.2 Å². The number of H-pyrrole nitrogens is 1. The van der Waals surface area contributed by atoms with E-state index >= 15 is 0 Å². The lowest BCUT2D eigenvalue weighted by Gasteiger charge is -2.02. The Morgan fingerprint density at radius 1 is 1.06 bits per heavy atom. The van der Waals surface area contributed by atoms with Gasteiger partial charge in [0, 0.05) is 5.69 Å². The first-order chi connectivity index (χ1) is 8.66. The van der Waals surface area contributed by atoms with E-state index in [2.05, 4.69) is 4.98 Å². The van der Waals surface area contributed by atoms with E-state index < -0.39 is 11.5 Å². The number of nitrogens with one attached hydrogen (secondary N) is 1. The summed E-state index contributed by atoms with van der Waals surface area (Å²) in [4.78, 5) is 24.7. The fraction of sp³-hybridized carbons (Fsp3) is 0.143. The van der Waals surface area contributed by atoms with Crippen LogP contribution in [0.5, 0.6) is 0 Å². The summed E-state index contributed by atoms with van der Waals surface area (Å²) in [7, 11) is 0. The second kappa shape index (κ2) is 5.31. The van der Waals surface area contributed by atoms with Gasteiger partial charge in [-0.15, -0.1) is 0 Å². The monoisotopic (exact) mass is 243 g/mol. The van der Waals surface area contributed by atoms with Gasteiger partial charge in [-0.25, -0.2) is 4.79 Å². The zero-order valence-electron chi connectivity index (χ0n) is 9.72. The van der Waals surface area contributed by atoms with Crippen LogP contribution < -0.4 is 5.56 Å². The highest BCUT2D eigenvalue weighted by Crippen LogP contribution is 2.04. The van der Waals surface area contributed by atoms with Gasteiger partial charge in [-0.1, -0.05) is 30.3 Å². The molecule has 0 aliphatic heterocycles. The molecule has 0 bridgehead atoms. The quantitative estimate of drug-likeness (QED) is 0.861. The van der Waals surface area contributed by atoms with Gasteiger partial charge in [0.25, 0.3) is 5.56 Å². The maximum absolute atomic E-state index is 11.5. The van der Waals surface area contributed by atoms with Crippen molar-refractivity contribution in [2.75, 3.05) is 0 Å². The number of carbonyl (C=O) groups is 1.